The monoisotopic (exact) mass is 238 g/mol. The molecule has 0 unspecified atom stereocenters. The van der Waals surface area contributed by atoms with Crippen molar-refractivity contribution in [3.63, 3.8) is 0 Å². The van der Waals surface area contributed by atoms with Gasteiger partial charge in [0.15, 0.2) is 17.4 Å². The van der Waals surface area contributed by atoms with E-state index in [9.17, 15) is 8.78 Å². The molecule has 0 aliphatic carbocycles. The third-order valence-corrected chi connectivity index (χ3v) is 2.28. The molecule has 0 aliphatic rings. The first-order valence-corrected chi connectivity index (χ1v) is 5.31. The van der Waals surface area contributed by atoms with Gasteiger partial charge in [0.25, 0.3) is 0 Å². The van der Waals surface area contributed by atoms with Crippen LogP contribution in [-0.2, 0) is 6.54 Å². The number of benzene rings is 1. The summed E-state index contributed by atoms with van der Waals surface area (Å²) >= 11 is 0. The average Bonchev–Trinajstić information content (AvgIpc) is 2.79. The fourth-order valence-corrected chi connectivity index (χ4v) is 1.41. The van der Waals surface area contributed by atoms with Gasteiger partial charge in [0, 0.05) is 5.56 Å². The van der Waals surface area contributed by atoms with Gasteiger partial charge in [-0.3, -0.25) is 0 Å². The lowest BCUT2D eigenvalue weighted by Crippen LogP contribution is -2.11. The minimum absolute atomic E-state index is 0.428. The van der Waals surface area contributed by atoms with Crippen LogP contribution in [0.15, 0.2) is 28.8 Å². The number of hydrogen-bond donors (Lipinski definition) is 1. The van der Waals surface area contributed by atoms with Crippen LogP contribution in [0.3, 0.4) is 0 Å². The molecule has 3 nitrogen and oxygen atoms in total. The highest BCUT2D eigenvalue weighted by molar-refractivity contribution is 5.56. The second-order valence-corrected chi connectivity index (χ2v) is 3.53. The Morgan fingerprint density at radius 1 is 1.29 bits per heavy atom. The Bertz CT molecular complexity index is 511. The van der Waals surface area contributed by atoms with Crippen LogP contribution >= 0.6 is 0 Å². The Morgan fingerprint density at radius 2 is 2.12 bits per heavy atom. The van der Waals surface area contributed by atoms with Crippen molar-refractivity contribution in [2.75, 3.05) is 6.54 Å². The fraction of sp³-hybridized carbons (Fsp3) is 0.250. The zero-order chi connectivity index (χ0) is 12.3. The molecule has 90 valence electrons. The Morgan fingerprint density at radius 3 is 2.82 bits per heavy atom. The van der Waals surface area contributed by atoms with Crippen LogP contribution in [-0.4, -0.2) is 11.5 Å². The van der Waals surface area contributed by atoms with Crippen LogP contribution in [0.5, 0.6) is 0 Å². The third kappa shape index (κ3) is 2.68. The minimum atomic E-state index is -0.896. The van der Waals surface area contributed by atoms with Crippen molar-refractivity contribution in [3.05, 3.63) is 41.9 Å². The summed E-state index contributed by atoms with van der Waals surface area (Å²) in [7, 11) is 0. The van der Waals surface area contributed by atoms with Crippen molar-refractivity contribution in [1.29, 1.82) is 0 Å². The van der Waals surface area contributed by atoms with Crippen molar-refractivity contribution in [2.24, 2.45) is 0 Å². The van der Waals surface area contributed by atoms with Crippen molar-refractivity contribution in [3.8, 4) is 11.3 Å². The van der Waals surface area contributed by atoms with E-state index < -0.39 is 11.6 Å². The summed E-state index contributed by atoms with van der Waals surface area (Å²) in [6.45, 7) is 3.29. The number of halogens is 2. The number of oxazole rings is 1. The van der Waals surface area contributed by atoms with E-state index in [0.29, 0.717) is 23.8 Å². The molecule has 0 saturated heterocycles. The number of nitrogens with zero attached hydrogens (tertiary/aromatic N) is 1. The standard InChI is InChI=1S/C12H12F2N2O/c1-2-15-7-12-16-6-11(17-12)8-3-4-9(13)10(14)5-8/h3-6,15H,2,7H2,1H3. The molecule has 0 aliphatic heterocycles. The average molecular weight is 238 g/mol. The van der Waals surface area contributed by atoms with Gasteiger partial charge >= 0.3 is 0 Å². The lowest BCUT2D eigenvalue weighted by atomic mass is 10.2. The fourth-order valence-electron chi connectivity index (χ4n) is 1.41. The van der Waals surface area contributed by atoms with Gasteiger partial charge in [-0.05, 0) is 24.7 Å². The molecule has 1 heterocycles. The van der Waals surface area contributed by atoms with E-state index in [0.717, 1.165) is 18.7 Å². The molecule has 0 fully saturated rings. The predicted molar refractivity (Wildman–Crippen MR) is 59.2 cm³/mol. The molecule has 2 rings (SSSR count). The zero-order valence-corrected chi connectivity index (χ0v) is 9.34. The first-order valence-electron chi connectivity index (χ1n) is 5.31. The molecule has 0 amide bonds. The van der Waals surface area contributed by atoms with Gasteiger partial charge in [0.2, 0.25) is 5.89 Å². The van der Waals surface area contributed by atoms with Gasteiger partial charge in [-0.15, -0.1) is 0 Å². The molecular weight excluding hydrogens is 226 g/mol. The van der Waals surface area contributed by atoms with Crippen LogP contribution in [0.2, 0.25) is 0 Å². The summed E-state index contributed by atoms with van der Waals surface area (Å²) in [4.78, 5) is 4.04. The van der Waals surface area contributed by atoms with Crippen molar-refractivity contribution >= 4 is 0 Å². The molecule has 0 bridgehead atoms. The molecule has 0 radical (unpaired) electrons. The third-order valence-electron chi connectivity index (χ3n) is 2.28. The van der Waals surface area contributed by atoms with Crippen LogP contribution < -0.4 is 5.32 Å². The van der Waals surface area contributed by atoms with Crippen molar-refractivity contribution < 1.29 is 13.2 Å². The van der Waals surface area contributed by atoms with E-state index in [-0.39, 0.29) is 0 Å². The number of hydrogen-bond acceptors (Lipinski definition) is 3. The molecular formula is C12H12F2N2O. The predicted octanol–water partition coefficient (Wildman–Crippen LogP) is 2.73. The summed E-state index contributed by atoms with van der Waals surface area (Å²) in [5.74, 6) is -0.823. The van der Waals surface area contributed by atoms with E-state index in [1.165, 1.54) is 12.3 Å². The van der Waals surface area contributed by atoms with Crippen LogP contribution in [0.25, 0.3) is 11.3 Å². The van der Waals surface area contributed by atoms with Gasteiger partial charge in [0.05, 0.1) is 12.7 Å². The Hall–Kier alpha value is -1.75. The summed E-state index contributed by atoms with van der Waals surface area (Å²) < 4.78 is 31.2. The molecule has 5 heteroatoms. The summed E-state index contributed by atoms with van der Waals surface area (Å²) in [6, 6.07) is 3.61. The maximum atomic E-state index is 13.0. The highest BCUT2D eigenvalue weighted by Crippen LogP contribution is 2.22. The van der Waals surface area contributed by atoms with E-state index in [4.69, 9.17) is 4.42 Å². The quantitative estimate of drug-likeness (QED) is 0.890. The normalized spacial score (nSPS) is 10.8. The zero-order valence-electron chi connectivity index (χ0n) is 9.34. The summed E-state index contributed by atoms with van der Waals surface area (Å²) in [5.41, 5.74) is 0.471. The molecule has 0 saturated carbocycles. The number of nitrogens with one attached hydrogen (secondary N) is 1. The Kier molecular flexibility index (Phi) is 3.49. The van der Waals surface area contributed by atoms with E-state index in [1.807, 2.05) is 6.92 Å². The molecule has 1 aromatic carbocycles. The van der Waals surface area contributed by atoms with E-state index in [1.54, 1.807) is 0 Å². The smallest absolute Gasteiger partial charge is 0.208 e. The first kappa shape index (κ1) is 11.7. The maximum Gasteiger partial charge on any atom is 0.208 e. The van der Waals surface area contributed by atoms with Crippen LogP contribution in [0, 0.1) is 11.6 Å². The lowest BCUT2D eigenvalue weighted by Gasteiger charge is -1.98. The molecule has 1 aromatic heterocycles. The topological polar surface area (TPSA) is 38.1 Å². The van der Waals surface area contributed by atoms with Gasteiger partial charge in [-0.25, -0.2) is 13.8 Å². The number of aromatic nitrogens is 1. The lowest BCUT2D eigenvalue weighted by molar-refractivity contribution is 0.480. The minimum Gasteiger partial charge on any atom is -0.439 e. The SMILES string of the molecule is CCNCc1ncc(-c2ccc(F)c(F)c2)o1. The summed E-state index contributed by atoms with van der Waals surface area (Å²) in [5, 5.41) is 3.06. The largest absolute Gasteiger partial charge is 0.439 e. The van der Waals surface area contributed by atoms with Gasteiger partial charge < -0.3 is 9.73 Å². The number of rotatable bonds is 4. The van der Waals surface area contributed by atoms with E-state index in [2.05, 4.69) is 10.3 Å². The highest BCUT2D eigenvalue weighted by atomic mass is 19.2. The van der Waals surface area contributed by atoms with Crippen LogP contribution in [0.4, 0.5) is 8.78 Å². The molecule has 0 spiro atoms. The molecule has 0 atom stereocenters. The molecule has 17 heavy (non-hydrogen) atoms. The maximum absolute atomic E-state index is 13.0. The summed E-state index contributed by atoms with van der Waals surface area (Å²) in [6.07, 6.45) is 1.50. The molecule has 2 aromatic rings. The Labute approximate surface area is 97.5 Å². The van der Waals surface area contributed by atoms with Crippen LogP contribution in [0.1, 0.15) is 12.8 Å². The van der Waals surface area contributed by atoms with Crippen molar-refractivity contribution in [1.82, 2.24) is 10.3 Å². The van der Waals surface area contributed by atoms with Gasteiger partial charge in [-0.1, -0.05) is 6.92 Å². The molecule has 1 N–H and O–H groups in total. The van der Waals surface area contributed by atoms with E-state index >= 15 is 0 Å². The van der Waals surface area contributed by atoms with Gasteiger partial charge in [0.1, 0.15) is 0 Å². The first-order chi connectivity index (χ1) is 8.20. The highest BCUT2D eigenvalue weighted by Gasteiger charge is 2.09. The second-order valence-electron chi connectivity index (χ2n) is 3.53. The van der Waals surface area contributed by atoms with Crippen molar-refractivity contribution in [2.45, 2.75) is 13.5 Å². The van der Waals surface area contributed by atoms with Gasteiger partial charge in [-0.2, -0.15) is 0 Å². The second kappa shape index (κ2) is 5.05. The Balaban J connectivity index is 2.21.